The van der Waals surface area contributed by atoms with Crippen molar-refractivity contribution in [2.24, 2.45) is 0 Å². The first kappa shape index (κ1) is 12.8. The van der Waals surface area contributed by atoms with Crippen LogP contribution in [-0.4, -0.2) is 9.97 Å². The summed E-state index contributed by atoms with van der Waals surface area (Å²) in [7, 11) is 0. The van der Waals surface area contributed by atoms with E-state index in [-0.39, 0.29) is 5.41 Å². The van der Waals surface area contributed by atoms with Crippen molar-refractivity contribution in [3.63, 3.8) is 0 Å². The highest BCUT2D eigenvalue weighted by atomic mass is 14.7. The summed E-state index contributed by atoms with van der Waals surface area (Å²) in [6.07, 6.45) is 3.66. The van der Waals surface area contributed by atoms with Crippen LogP contribution in [-0.2, 0) is 5.41 Å². The van der Waals surface area contributed by atoms with Gasteiger partial charge in [0, 0.05) is 18.0 Å². The summed E-state index contributed by atoms with van der Waals surface area (Å²) in [4.78, 5) is 8.83. The Kier molecular flexibility index (Phi) is 3.01. The van der Waals surface area contributed by atoms with E-state index in [9.17, 15) is 0 Å². The molecule has 20 heavy (non-hydrogen) atoms. The lowest BCUT2D eigenvalue weighted by Gasteiger charge is -2.19. The average Bonchev–Trinajstić information content (AvgIpc) is 2.46. The van der Waals surface area contributed by atoms with Crippen LogP contribution >= 0.6 is 0 Å². The molecule has 0 atom stereocenters. The number of benzene rings is 1. The molecule has 2 heterocycles. The molecule has 2 heteroatoms. The van der Waals surface area contributed by atoms with Gasteiger partial charge in [-0.1, -0.05) is 45.0 Å². The number of hydrogen-bond acceptors (Lipinski definition) is 2. The molecule has 2 nitrogen and oxygen atoms in total. The molecule has 0 N–H and O–H groups in total. The van der Waals surface area contributed by atoms with Gasteiger partial charge in [-0.05, 0) is 34.7 Å². The highest BCUT2D eigenvalue weighted by Gasteiger charge is 2.13. The fourth-order valence-corrected chi connectivity index (χ4v) is 2.36. The van der Waals surface area contributed by atoms with Crippen LogP contribution in [0.25, 0.3) is 22.2 Å². The fourth-order valence-electron chi connectivity index (χ4n) is 2.36. The summed E-state index contributed by atoms with van der Waals surface area (Å²) in [6, 6.07) is 14.7. The molecule has 0 aliphatic heterocycles. The zero-order valence-electron chi connectivity index (χ0n) is 12.1. The van der Waals surface area contributed by atoms with Crippen molar-refractivity contribution in [1.82, 2.24) is 9.97 Å². The first-order valence-corrected chi connectivity index (χ1v) is 6.86. The van der Waals surface area contributed by atoms with Gasteiger partial charge in [0.2, 0.25) is 0 Å². The quantitative estimate of drug-likeness (QED) is 0.640. The first-order valence-electron chi connectivity index (χ1n) is 6.86. The van der Waals surface area contributed by atoms with Gasteiger partial charge in [0.15, 0.2) is 0 Å². The summed E-state index contributed by atoms with van der Waals surface area (Å²) < 4.78 is 0. The van der Waals surface area contributed by atoms with Crippen molar-refractivity contribution in [3.8, 4) is 11.1 Å². The van der Waals surface area contributed by atoms with Gasteiger partial charge >= 0.3 is 0 Å². The maximum absolute atomic E-state index is 4.47. The topological polar surface area (TPSA) is 25.8 Å². The Morgan fingerprint density at radius 2 is 1.55 bits per heavy atom. The van der Waals surface area contributed by atoms with Crippen molar-refractivity contribution >= 4 is 11.0 Å². The summed E-state index contributed by atoms with van der Waals surface area (Å²) in [5.74, 6) is 0. The lowest BCUT2D eigenvalue weighted by Crippen LogP contribution is -2.10. The number of nitrogens with zero attached hydrogens (tertiary/aromatic N) is 2. The zero-order valence-corrected chi connectivity index (χ0v) is 12.1. The van der Waals surface area contributed by atoms with Crippen LogP contribution in [0.4, 0.5) is 0 Å². The van der Waals surface area contributed by atoms with Crippen LogP contribution in [0.15, 0.2) is 54.9 Å². The molecule has 0 spiro atoms. The second kappa shape index (κ2) is 4.71. The largest absolute Gasteiger partial charge is 0.255 e. The van der Waals surface area contributed by atoms with Crippen LogP contribution < -0.4 is 0 Å². The smallest absolute Gasteiger partial charge is 0.0964 e. The van der Waals surface area contributed by atoms with Gasteiger partial charge in [0.1, 0.15) is 0 Å². The predicted molar refractivity (Wildman–Crippen MR) is 83.7 cm³/mol. The van der Waals surface area contributed by atoms with Gasteiger partial charge in [-0.3, -0.25) is 9.97 Å². The van der Waals surface area contributed by atoms with Gasteiger partial charge in [-0.2, -0.15) is 0 Å². The average molecular weight is 262 g/mol. The van der Waals surface area contributed by atoms with E-state index in [0.29, 0.717) is 0 Å². The maximum Gasteiger partial charge on any atom is 0.0964 e. The number of rotatable bonds is 1. The van der Waals surface area contributed by atoms with Crippen LogP contribution in [0.1, 0.15) is 26.3 Å². The molecule has 0 radical (unpaired) electrons. The molecule has 0 unspecified atom stereocenters. The third-order valence-corrected chi connectivity index (χ3v) is 3.56. The van der Waals surface area contributed by atoms with Crippen LogP contribution in [0.3, 0.4) is 0 Å². The Labute approximate surface area is 119 Å². The number of pyridine rings is 2. The van der Waals surface area contributed by atoms with E-state index in [1.807, 2.05) is 30.6 Å². The summed E-state index contributed by atoms with van der Waals surface area (Å²) in [6.45, 7) is 6.68. The Morgan fingerprint density at radius 1 is 0.800 bits per heavy atom. The first-order chi connectivity index (χ1) is 9.55. The molecule has 0 amide bonds. The van der Waals surface area contributed by atoms with Crippen molar-refractivity contribution in [3.05, 3.63) is 60.4 Å². The Balaban J connectivity index is 2.12. The van der Waals surface area contributed by atoms with Gasteiger partial charge in [0.05, 0.1) is 11.0 Å². The molecule has 3 aromatic rings. The SMILES string of the molecule is CC(C)(C)c1ccc(-c2ccnc3cccnc23)cc1. The van der Waals surface area contributed by atoms with Crippen LogP contribution in [0.5, 0.6) is 0 Å². The van der Waals surface area contributed by atoms with E-state index >= 15 is 0 Å². The van der Waals surface area contributed by atoms with E-state index in [4.69, 9.17) is 0 Å². The number of fused-ring (bicyclic) bond motifs is 1. The molecule has 0 fully saturated rings. The normalized spacial score (nSPS) is 11.8. The molecular formula is C18H18N2. The van der Waals surface area contributed by atoms with E-state index in [1.165, 1.54) is 11.1 Å². The van der Waals surface area contributed by atoms with Crippen molar-refractivity contribution in [2.75, 3.05) is 0 Å². The van der Waals surface area contributed by atoms with Crippen LogP contribution in [0.2, 0.25) is 0 Å². The van der Waals surface area contributed by atoms with Gasteiger partial charge in [0.25, 0.3) is 0 Å². The highest BCUT2D eigenvalue weighted by molar-refractivity contribution is 5.90. The van der Waals surface area contributed by atoms with E-state index < -0.39 is 0 Å². The molecule has 0 saturated carbocycles. The monoisotopic (exact) mass is 262 g/mol. The fraction of sp³-hybridized carbons (Fsp3) is 0.222. The minimum absolute atomic E-state index is 0.178. The second-order valence-electron chi connectivity index (χ2n) is 6.06. The lowest BCUT2D eigenvalue weighted by atomic mass is 9.86. The Hall–Kier alpha value is -2.22. The van der Waals surface area contributed by atoms with Gasteiger partial charge < -0.3 is 0 Å². The predicted octanol–water partition coefficient (Wildman–Crippen LogP) is 4.59. The summed E-state index contributed by atoms with van der Waals surface area (Å²) >= 11 is 0. The number of aromatic nitrogens is 2. The van der Waals surface area contributed by atoms with Gasteiger partial charge in [-0.25, -0.2) is 0 Å². The molecule has 0 aliphatic carbocycles. The summed E-state index contributed by atoms with van der Waals surface area (Å²) in [5.41, 5.74) is 5.73. The molecule has 3 rings (SSSR count). The number of hydrogen-bond donors (Lipinski definition) is 0. The van der Waals surface area contributed by atoms with E-state index in [1.54, 1.807) is 0 Å². The summed E-state index contributed by atoms with van der Waals surface area (Å²) in [5, 5.41) is 0. The molecule has 1 aromatic carbocycles. The second-order valence-corrected chi connectivity index (χ2v) is 6.06. The standard InChI is InChI=1S/C18H18N2/c1-18(2,3)14-8-6-13(7-9-14)15-10-12-19-16-5-4-11-20-17(15)16/h4-12H,1-3H3. The Bertz CT molecular complexity index is 732. The zero-order chi connectivity index (χ0) is 14.2. The minimum Gasteiger partial charge on any atom is -0.255 e. The molecular weight excluding hydrogens is 244 g/mol. The van der Waals surface area contributed by atoms with Crippen molar-refractivity contribution < 1.29 is 0 Å². The molecule has 0 bridgehead atoms. The molecule has 100 valence electrons. The van der Waals surface area contributed by atoms with E-state index in [2.05, 4.69) is 55.0 Å². The molecule has 0 saturated heterocycles. The van der Waals surface area contributed by atoms with Crippen molar-refractivity contribution in [1.29, 1.82) is 0 Å². The third-order valence-electron chi connectivity index (χ3n) is 3.56. The van der Waals surface area contributed by atoms with E-state index in [0.717, 1.165) is 16.6 Å². The lowest BCUT2D eigenvalue weighted by molar-refractivity contribution is 0.590. The van der Waals surface area contributed by atoms with Crippen molar-refractivity contribution in [2.45, 2.75) is 26.2 Å². The molecule has 0 aliphatic rings. The molecule has 2 aromatic heterocycles. The highest BCUT2D eigenvalue weighted by Crippen LogP contribution is 2.28. The minimum atomic E-state index is 0.178. The maximum atomic E-state index is 4.47. The van der Waals surface area contributed by atoms with Gasteiger partial charge in [-0.15, -0.1) is 0 Å². The third kappa shape index (κ3) is 2.29. The van der Waals surface area contributed by atoms with Crippen LogP contribution in [0, 0.1) is 0 Å². The Morgan fingerprint density at radius 3 is 2.25 bits per heavy atom.